The number of nitrogens with zero attached hydrogens (tertiary/aromatic N) is 4. The lowest BCUT2D eigenvalue weighted by Gasteiger charge is -2.36. The predicted octanol–water partition coefficient (Wildman–Crippen LogP) is 2.75. The average molecular weight is 346 g/mol. The molecule has 26 heavy (non-hydrogen) atoms. The molecular weight excluding hydrogens is 324 g/mol. The molecule has 3 heterocycles. The SMILES string of the molecule is N#Cc1cccnc1N1CCC(C(=O)N2CCc3ccccc3C2)CC1. The molecule has 1 fully saturated rings. The van der Waals surface area contributed by atoms with Gasteiger partial charge in [-0.1, -0.05) is 24.3 Å². The molecule has 0 N–H and O–H groups in total. The van der Waals surface area contributed by atoms with E-state index in [-0.39, 0.29) is 11.8 Å². The van der Waals surface area contributed by atoms with E-state index < -0.39 is 0 Å². The lowest BCUT2D eigenvalue weighted by Crippen LogP contribution is -2.44. The zero-order valence-electron chi connectivity index (χ0n) is 14.8. The molecule has 1 amide bonds. The third-order valence-electron chi connectivity index (χ3n) is 5.49. The first-order chi connectivity index (χ1) is 12.8. The summed E-state index contributed by atoms with van der Waals surface area (Å²) >= 11 is 0. The third-order valence-corrected chi connectivity index (χ3v) is 5.49. The summed E-state index contributed by atoms with van der Waals surface area (Å²) in [6, 6.07) is 14.2. The molecule has 2 aliphatic heterocycles. The molecule has 0 radical (unpaired) electrons. The van der Waals surface area contributed by atoms with Gasteiger partial charge in [0.25, 0.3) is 0 Å². The van der Waals surface area contributed by atoms with Gasteiger partial charge >= 0.3 is 0 Å². The van der Waals surface area contributed by atoms with Crippen molar-refractivity contribution in [3.05, 3.63) is 59.3 Å². The number of benzene rings is 1. The molecule has 1 saturated heterocycles. The molecule has 0 atom stereocenters. The molecule has 0 aliphatic carbocycles. The summed E-state index contributed by atoms with van der Waals surface area (Å²) in [6.45, 7) is 3.09. The highest BCUT2D eigenvalue weighted by atomic mass is 16.2. The van der Waals surface area contributed by atoms with Crippen LogP contribution in [-0.4, -0.2) is 35.4 Å². The summed E-state index contributed by atoms with van der Waals surface area (Å²) in [4.78, 5) is 21.5. The van der Waals surface area contributed by atoms with Crippen molar-refractivity contribution in [2.75, 3.05) is 24.5 Å². The molecule has 1 aromatic carbocycles. The van der Waals surface area contributed by atoms with Crippen molar-refractivity contribution in [2.24, 2.45) is 5.92 Å². The van der Waals surface area contributed by atoms with Crippen LogP contribution in [0, 0.1) is 17.2 Å². The highest BCUT2D eigenvalue weighted by molar-refractivity contribution is 5.79. The molecule has 5 heteroatoms. The van der Waals surface area contributed by atoms with Crippen molar-refractivity contribution in [3.63, 3.8) is 0 Å². The monoisotopic (exact) mass is 346 g/mol. The van der Waals surface area contributed by atoms with Crippen LogP contribution in [-0.2, 0) is 17.8 Å². The Balaban J connectivity index is 1.39. The number of hydrogen-bond donors (Lipinski definition) is 0. The summed E-state index contributed by atoms with van der Waals surface area (Å²) in [7, 11) is 0. The zero-order valence-corrected chi connectivity index (χ0v) is 14.8. The first-order valence-electron chi connectivity index (χ1n) is 9.22. The number of nitriles is 1. The summed E-state index contributed by atoms with van der Waals surface area (Å²) < 4.78 is 0. The van der Waals surface area contributed by atoms with E-state index in [1.807, 2.05) is 11.0 Å². The van der Waals surface area contributed by atoms with Crippen molar-refractivity contribution in [3.8, 4) is 6.07 Å². The van der Waals surface area contributed by atoms with Gasteiger partial charge in [-0.15, -0.1) is 0 Å². The number of carbonyl (C=O) groups is 1. The van der Waals surface area contributed by atoms with Gasteiger partial charge in [0.2, 0.25) is 5.91 Å². The standard InChI is InChI=1S/C21H22N4O/c22-14-18-6-3-10-23-20(18)24-11-8-17(9-12-24)21(26)25-13-7-16-4-1-2-5-19(16)15-25/h1-6,10,17H,7-9,11-13,15H2. The Morgan fingerprint density at radius 1 is 1.08 bits per heavy atom. The molecule has 1 aromatic heterocycles. The Morgan fingerprint density at radius 3 is 2.62 bits per heavy atom. The molecule has 0 unspecified atom stereocenters. The van der Waals surface area contributed by atoms with Gasteiger partial charge in [0.15, 0.2) is 0 Å². The van der Waals surface area contributed by atoms with Crippen LogP contribution in [0.4, 0.5) is 5.82 Å². The molecule has 132 valence electrons. The van der Waals surface area contributed by atoms with E-state index in [1.54, 1.807) is 18.3 Å². The quantitative estimate of drug-likeness (QED) is 0.839. The van der Waals surface area contributed by atoms with Crippen LogP contribution in [0.5, 0.6) is 0 Å². The third kappa shape index (κ3) is 3.15. The van der Waals surface area contributed by atoms with Crippen LogP contribution in [0.1, 0.15) is 29.5 Å². The molecular formula is C21H22N4O. The number of carbonyl (C=O) groups excluding carboxylic acids is 1. The smallest absolute Gasteiger partial charge is 0.226 e. The minimum absolute atomic E-state index is 0.0748. The van der Waals surface area contributed by atoms with Gasteiger partial charge in [-0.05, 0) is 42.5 Å². The number of amides is 1. The van der Waals surface area contributed by atoms with E-state index in [1.165, 1.54) is 11.1 Å². The fourth-order valence-electron chi connectivity index (χ4n) is 4.02. The van der Waals surface area contributed by atoms with Crippen LogP contribution in [0.2, 0.25) is 0 Å². The predicted molar refractivity (Wildman–Crippen MR) is 99.5 cm³/mol. The maximum absolute atomic E-state index is 13.0. The molecule has 2 aromatic rings. The lowest BCUT2D eigenvalue weighted by atomic mass is 9.93. The molecule has 0 bridgehead atoms. The largest absolute Gasteiger partial charge is 0.355 e. The van der Waals surface area contributed by atoms with Gasteiger partial charge in [0.05, 0.1) is 5.56 Å². The second-order valence-corrected chi connectivity index (χ2v) is 7.03. The van der Waals surface area contributed by atoms with Crippen LogP contribution in [0.25, 0.3) is 0 Å². The molecule has 2 aliphatic rings. The van der Waals surface area contributed by atoms with Crippen LogP contribution < -0.4 is 4.90 Å². The Bertz CT molecular complexity index is 849. The van der Waals surface area contributed by atoms with Crippen LogP contribution in [0.15, 0.2) is 42.6 Å². The maximum atomic E-state index is 13.0. The molecule has 0 saturated carbocycles. The van der Waals surface area contributed by atoms with E-state index in [2.05, 4.69) is 34.2 Å². The summed E-state index contributed by atoms with van der Waals surface area (Å²) in [5, 5.41) is 9.26. The number of aromatic nitrogens is 1. The fraction of sp³-hybridized carbons (Fsp3) is 0.381. The highest BCUT2D eigenvalue weighted by Crippen LogP contribution is 2.27. The Hall–Kier alpha value is -2.87. The van der Waals surface area contributed by atoms with Crippen molar-refractivity contribution >= 4 is 11.7 Å². The highest BCUT2D eigenvalue weighted by Gasteiger charge is 2.31. The number of anilines is 1. The second-order valence-electron chi connectivity index (χ2n) is 7.03. The van der Waals surface area contributed by atoms with E-state index in [9.17, 15) is 10.1 Å². The van der Waals surface area contributed by atoms with Gasteiger partial charge in [-0.2, -0.15) is 5.26 Å². The second kappa shape index (κ2) is 7.17. The normalized spacial score (nSPS) is 17.5. The number of fused-ring (bicyclic) bond motifs is 1. The average Bonchev–Trinajstić information content (AvgIpc) is 2.73. The van der Waals surface area contributed by atoms with Crippen LogP contribution >= 0.6 is 0 Å². The minimum atomic E-state index is 0.0748. The minimum Gasteiger partial charge on any atom is -0.355 e. The number of rotatable bonds is 2. The fourth-order valence-corrected chi connectivity index (χ4v) is 4.02. The number of hydrogen-bond acceptors (Lipinski definition) is 4. The van der Waals surface area contributed by atoms with Crippen molar-refractivity contribution in [2.45, 2.75) is 25.8 Å². The zero-order chi connectivity index (χ0) is 17.9. The molecule has 4 rings (SSSR count). The molecule has 0 spiro atoms. The first kappa shape index (κ1) is 16.6. The van der Waals surface area contributed by atoms with E-state index in [0.717, 1.165) is 51.3 Å². The number of piperidine rings is 1. The molecule has 5 nitrogen and oxygen atoms in total. The van der Waals surface area contributed by atoms with Crippen molar-refractivity contribution in [1.29, 1.82) is 5.26 Å². The van der Waals surface area contributed by atoms with Gasteiger partial charge in [0.1, 0.15) is 11.9 Å². The number of pyridine rings is 1. The van der Waals surface area contributed by atoms with Gasteiger partial charge in [-0.25, -0.2) is 4.98 Å². The Morgan fingerprint density at radius 2 is 1.85 bits per heavy atom. The summed E-state index contributed by atoms with van der Waals surface area (Å²) in [6.07, 6.45) is 4.30. The van der Waals surface area contributed by atoms with Gasteiger partial charge in [-0.3, -0.25) is 4.79 Å². The van der Waals surface area contributed by atoms with Gasteiger partial charge < -0.3 is 9.80 Å². The summed E-state index contributed by atoms with van der Waals surface area (Å²) in [5.74, 6) is 1.10. The summed E-state index contributed by atoms with van der Waals surface area (Å²) in [5.41, 5.74) is 3.24. The first-order valence-corrected chi connectivity index (χ1v) is 9.22. The van der Waals surface area contributed by atoms with Crippen molar-refractivity contribution in [1.82, 2.24) is 9.88 Å². The van der Waals surface area contributed by atoms with Gasteiger partial charge in [0, 0.05) is 38.3 Å². The van der Waals surface area contributed by atoms with E-state index >= 15 is 0 Å². The Kier molecular flexibility index (Phi) is 4.57. The van der Waals surface area contributed by atoms with E-state index in [0.29, 0.717) is 5.56 Å². The maximum Gasteiger partial charge on any atom is 0.226 e. The van der Waals surface area contributed by atoms with Crippen LogP contribution in [0.3, 0.4) is 0 Å². The van der Waals surface area contributed by atoms with Crippen molar-refractivity contribution < 1.29 is 4.79 Å². The topological polar surface area (TPSA) is 60.2 Å². The Labute approximate surface area is 153 Å². The lowest BCUT2D eigenvalue weighted by molar-refractivity contribution is -0.137. The van der Waals surface area contributed by atoms with E-state index in [4.69, 9.17) is 0 Å².